The topological polar surface area (TPSA) is 9.23 Å². The molecule has 0 heterocycles. The molecule has 1 rings (SSSR count). The molecule has 0 bridgehead atoms. The van der Waals surface area contributed by atoms with Gasteiger partial charge in [-0.15, -0.1) is 0 Å². The maximum atomic E-state index is 5.27. The number of thioether (sulfide) groups is 3. The Kier molecular flexibility index (Phi) is 9.74. The number of hydrogen-bond donors (Lipinski definition) is 0. The Labute approximate surface area is 137 Å². The smallest absolute Gasteiger partial charge is 0.118 e. The van der Waals surface area contributed by atoms with Gasteiger partial charge in [-0.3, -0.25) is 0 Å². The summed E-state index contributed by atoms with van der Waals surface area (Å²) in [6, 6.07) is 8.62. The Morgan fingerprint density at radius 1 is 0.950 bits per heavy atom. The Hall–Kier alpha value is 0.0700. The first-order valence-electron chi connectivity index (χ1n) is 7.21. The van der Waals surface area contributed by atoms with Gasteiger partial charge in [0, 0.05) is 16.3 Å². The summed E-state index contributed by atoms with van der Waals surface area (Å²) in [7, 11) is 1.72. The van der Waals surface area contributed by atoms with Crippen molar-refractivity contribution in [3.63, 3.8) is 0 Å². The summed E-state index contributed by atoms with van der Waals surface area (Å²) in [5.41, 5.74) is 1.43. The minimum Gasteiger partial charge on any atom is -0.497 e. The van der Waals surface area contributed by atoms with Crippen molar-refractivity contribution in [3.05, 3.63) is 29.8 Å². The van der Waals surface area contributed by atoms with Gasteiger partial charge >= 0.3 is 0 Å². The van der Waals surface area contributed by atoms with Gasteiger partial charge in [-0.2, -0.15) is 35.3 Å². The van der Waals surface area contributed by atoms with Crippen LogP contribution in [0.3, 0.4) is 0 Å². The van der Waals surface area contributed by atoms with E-state index in [-0.39, 0.29) is 0 Å². The van der Waals surface area contributed by atoms with Gasteiger partial charge in [0.15, 0.2) is 0 Å². The summed E-state index contributed by atoms with van der Waals surface area (Å²) in [5, 5.41) is 1.26. The van der Waals surface area contributed by atoms with Crippen molar-refractivity contribution in [2.45, 2.75) is 31.3 Å². The van der Waals surface area contributed by atoms with Crippen LogP contribution in [0.25, 0.3) is 0 Å². The molecule has 2 unspecified atom stereocenters. The van der Waals surface area contributed by atoms with E-state index in [1.807, 2.05) is 0 Å². The highest BCUT2D eigenvalue weighted by Crippen LogP contribution is 2.40. The van der Waals surface area contributed by atoms with Gasteiger partial charge in [0.1, 0.15) is 5.75 Å². The number of rotatable bonds is 10. The number of hydrogen-bond acceptors (Lipinski definition) is 4. The lowest BCUT2D eigenvalue weighted by Crippen LogP contribution is -2.17. The maximum Gasteiger partial charge on any atom is 0.118 e. The van der Waals surface area contributed by atoms with E-state index in [0.717, 1.165) is 11.5 Å². The minimum absolute atomic E-state index is 0.579. The summed E-state index contributed by atoms with van der Waals surface area (Å²) in [6.45, 7) is 6.76. The fourth-order valence-electron chi connectivity index (χ4n) is 2.06. The lowest BCUT2D eigenvalue weighted by molar-refractivity contribution is 0.414. The molecule has 0 spiro atoms. The molecule has 4 heteroatoms. The van der Waals surface area contributed by atoms with Crippen molar-refractivity contribution in [2.75, 3.05) is 30.1 Å². The summed E-state index contributed by atoms with van der Waals surface area (Å²) in [5.74, 6) is 5.72. The van der Waals surface area contributed by atoms with Gasteiger partial charge < -0.3 is 4.74 Å². The molecular formula is C16H26OS3. The summed E-state index contributed by atoms with van der Waals surface area (Å²) in [6.07, 6.45) is 0. The van der Waals surface area contributed by atoms with E-state index >= 15 is 0 Å². The number of methoxy groups -OCH3 is 1. The molecule has 1 nitrogen and oxygen atoms in total. The zero-order valence-electron chi connectivity index (χ0n) is 12.9. The zero-order chi connectivity index (χ0) is 14.8. The molecule has 0 saturated carbocycles. The van der Waals surface area contributed by atoms with E-state index in [2.05, 4.69) is 80.3 Å². The molecular weight excluding hydrogens is 304 g/mol. The standard InChI is InChI=1S/C16H26OS3/c1-5-18-12-15(19-6-2)16(20-7-3)13-8-10-14(17-4)11-9-13/h8-11,15-16H,5-7,12H2,1-4H3. The molecule has 0 N–H and O–H groups in total. The van der Waals surface area contributed by atoms with E-state index in [1.54, 1.807) is 7.11 Å². The van der Waals surface area contributed by atoms with Crippen LogP contribution in [0.5, 0.6) is 5.75 Å². The first-order chi connectivity index (χ1) is 9.76. The van der Waals surface area contributed by atoms with Gasteiger partial charge in [0.2, 0.25) is 0 Å². The predicted molar refractivity (Wildman–Crippen MR) is 98.8 cm³/mol. The van der Waals surface area contributed by atoms with Crippen molar-refractivity contribution in [1.29, 1.82) is 0 Å². The van der Waals surface area contributed by atoms with E-state index in [0.29, 0.717) is 10.5 Å². The summed E-state index contributed by atoms with van der Waals surface area (Å²) in [4.78, 5) is 0. The highest BCUT2D eigenvalue weighted by Gasteiger charge is 2.23. The Bertz CT molecular complexity index is 353. The van der Waals surface area contributed by atoms with Crippen LogP contribution in [0.2, 0.25) is 0 Å². The van der Waals surface area contributed by atoms with Crippen LogP contribution in [-0.4, -0.2) is 35.4 Å². The maximum absolute atomic E-state index is 5.27. The molecule has 0 aliphatic carbocycles. The molecule has 1 aromatic rings. The Balaban J connectivity index is 2.86. The van der Waals surface area contributed by atoms with Gasteiger partial charge in [-0.1, -0.05) is 32.9 Å². The van der Waals surface area contributed by atoms with E-state index in [4.69, 9.17) is 4.74 Å². The molecule has 0 aromatic heterocycles. The third-order valence-electron chi connectivity index (χ3n) is 3.00. The van der Waals surface area contributed by atoms with Crippen molar-refractivity contribution < 1.29 is 4.74 Å². The van der Waals surface area contributed by atoms with E-state index in [9.17, 15) is 0 Å². The normalized spacial score (nSPS) is 14.0. The molecule has 20 heavy (non-hydrogen) atoms. The Morgan fingerprint density at radius 2 is 1.60 bits per heavy atom. The second-order valence-electron chi connectivity index (χ2n) is 4.30. The van der Waals surface area contributed by atoms with Crippen LogP contribution in [0.1, 0.15) is 31.6 Å². The number of benzene rings is 1. The highest BCUT2D eigenvalue weighted by molar-refractivity contribution is 8.05. The molecule has 0 aliphatic rings. The Morgan fingerprint density at radius 3 is 2.10 bits per heavy atom. The first-order valence-corrected chi connectivity index (χ1v) is 10.5. The lowest BCUT2D eigenvalue weighted by atomic mass is 10.1. The molecule has 0 saturated heterocycles. The molecule has 1 aromatic carbocycles. The van der Waals surface area contributed by atoms with Gasteiger partial charge in [-0.25, -0.2) is 0 Å². The average molecular weight is 331 g/mol. The second kappa shape index (κ2) is 10.7. The van der Waals surface area contributed by atoms with Crippen molar-refractivity contribution in [1.82, 2.24) is 0 Å². The van der Waals surface area contributed by atoms with Gasteiger partial charge in [0.25, 0.3) is 0 Å². The van der Waals surface area contributed by atoms with Crippen molar-refractivity contribution in [2.24, 2.45) is 0 Å². The fourth-order valence-corrected chi connectivity index (χ4v) is 5.77. The summed E-state index contributed by atoms with van der Waals surface area (Å²) >= 11 is 6.22. The van der Waals surface area contributed by atoms with Crippen LogP contribution in [-0.2, 0) is 0 Å². The van der Waals surface area contributed by atoms with Crippen molar-refractivity contribution in [3.8, 4) is 5.75 Å². The number of ether oxygens (including phenoxy) is 1. The van der Waals surface area contributed by atoms with Crippen LogP contribution in [0, 0.1) is 0 Å². The van der Waals surface area contributed by atoms with Gasteiger partial charge in [0.05, 0.1) is 7.11 Å². The average Bonchev–Trinajstić information content (AvgIpc) is 2.49. The molecule has 0 aliphatic heterocycles. The minimum atomic E-state index is 0.579. The van der Waals surface area contributed by atoms with E-state index < -0.39 is 0 Å². The quantitative estimate of drug-likeness (QED) is 0.570. The summed E-state index contributed by atoms with van der Waals surface area (Å²) < 4.78 is 5.27. The molecule has 0 amide bonds. The predicted octanol–water partition coefficient (Wildman–Crippen LogP) is 5.36. The largest absolute Gasteiger partial charge is 0.497 e. The SMILES string of the molecule is CCSCC(SCC)C(SCC)c1ccc(OC)cc1. The molecule has 114 valence electrons. The fraction of sp³-hybridized carbons (Fsp3) is 0.625. The monoisotopic (exact) mass is 330 g/mol. The second-order valence-corrected chi connectivity index (χ2v) is 8.56. The molecule has 0 fully saturated rings. The van der Waals surface area contributed by atoms with Gasteiger partial charge in [-0.05, 0) is 35.0 Å². The molecule has 2 atom stereocenters. The molecule has 0 radical (unpaired) electrons. The van der Waals surface area contributed by atoms with Crippen LogP contribution >= 0.6 is 35.3 Å². The zero-order valence-corrected chi connectivity index (χ0v) is 15.4. The highest BCUT2D eigenvalue weighted by atomic mass is 32.2. The van der Waals surface area contributed by atoms with Crippen molar-refractivity contribution >= 4 is 35.3 Å². The van der Waals surface area contributed by atoms with Crippen LogP contribution < -0.4 is 4.74 Å². The first kappa shape index (κ1) is 18.1. The van der Waals surface area contributed by atoms with Crippen LogP contribution in [0.15, 0.2) is 24.3 Å². The third kappa shape index (κ3) is 5.82. The van der Waals surface area contributed by atoms with Crippen LogP contribution in [0.4, 0.5) is 0 Å². The van der Waals surface area contributed by atoms with E-state index in [1.165, 1.54) is 22.8 Å². The third-order valence-corrected chi connectivity index (χ3v) is 6.88. The lowest BCUT2D eigenvalue weighted by Gasteiger charge is -2.26.